The van der Waals surface area contributed by atoms with Crippen LogP contribution in [0.25, 0.3) is 98.3 Å². The number of hydrogen-bond donors (Lipinski definition) is 1. The van der Waals surface area contributed by atoms with Crippen molar-refractivity contribution in [2.24, 2.45) is 0 Å². The molecule has 4 nitrogen and oxygen atoms in total. The molecule has 1 unspecified atom stereocenters. The molecule has 0 saturated carbocycles. The standard InChI is InChI=1S/C53H33N3OS/c1-3-12-33(13-4-1)42-31-43(56-53(55-42)41-18-11-20-46-49(41)38-16-7-9-19-45(38)57-46)34-24-22-32(23-25-34)36-26-27-37-44(30-36)54-52(35-14-5-2-6-15-35)40-28-29-48-51(50(37)40)39-17-8-10-21-47(39)58-48/h1-31,52,54H. The van der Waals surface area contributed by atoms with Crippen LogP contribution in [-0.4, -0.2) is 9.97 Å². The van der Waals surface area contributed by atoms with Gasteiger partial charge in [-0.05, 0) is 64.2 Å². The molecule has 0 fully saturated rings. The van der Waals surface area contributed by atoms with Crippen LogP contribution in [0, 0.1) is 0 Å². The number of nitrogens with zero attached hydrogens (tertiary/aromatic N) is 2. The maximum absolute atomic E-state index is 6.25. The summed E-state index contributed by atoms with van der Waals surface area (Å²) in [5, 5.41) is 8.70. The summed E-state index contributed by atoms with van der Waals surface area (Å²) >= 11 is 1.87. The Morgan fingerprint density at radius 2 is 1.14 bits per heavy atom. The topological polar surface area (TPSA) is 51.0 Å². The predicted molar refractivity (Wildman–Crippen MR) is 241 cm³/mol. The van der Waals surface area contributed by atoms with Crippen LogP contribution >= 0.6 is 11.3 Å². The first kappa shape index (κ1) is 32.9. The van der Waals surface area contributed by atoms with Crippen molar-refractivity contribution in [3.8, 4) is 56.2 Å². The van der Waals surface area contributed by atoms with Crippen LogP contribution in [-0.2, 0) is 0 Å². The normalized spacial score (nSPS) is 13.5. The highest BCUT2D eigenvalue weighted by Crippen LogP contribution is 2.50. The first-order chi connectivity index (χ1) is 28.7. The monoisotopic (exact) mass is 759 g/mol. The van der Waals surface area contributed by atoms with E-state index >= 15 is 0 Å². The Hall–Kier alpha value is -7.34. The van der Waals surface area contributed by atoms with Crippen molar-refractivity contribution in [1.82, 2.24) is 9.97 Å². The van der Waals surface area contributed by atoms with Gasteiger partial charge in [0.15, 0.2) is 5.82 Å². The van der Waals surface area contributed by atoms with Crippen LogP contribution in [0.2, 0.25) is 0 Å². The molecule has 0 aliphatic carbocycles. The molecular weight excluding hydrogens is 727 g/mol. The largest absolute Gasteiger partial charge is 0.456 e. The number of nitrogens with one attached hydrogen (secondary N) is 1. The lowest BCUT2D eigenvalue weighted by Gasteiger charge is -2.31. The highest BCUT2D eigenvalue weighted by Gasteiger charge is 2.29. The van der Waals surface area contributed by atoms with E-state index in [4.69, 9.17) is 14.4 Å². The molecule has 1 N–H and O–H groups in total. The second-order valence-corrected chi connectivity index (χ2v) is 16.0. The average molecular weight is 760 g/mol. The number of benzene rings is 8. The molecule has 3 aromatic heterocycles. The Balaban J connectivity index is 0.969. The summed E-state index contributed by atoms with van der Waals surface area (Å²) in [4.78, 5) is 10.4. The second kappa shape index (κ2) is 13.1. The van der Waals surface area contributed by atoms with E-state index in [1.54, 1.807) is 0 Å². The van der Waals surface area contributed by atoms with Gasteiger partial charge in [0.25, 0.3) is 0 Å². The van der Waals surface area contributed by atoms with Crippen molar-refractivity contribution in [3.63, 3.8) is 0 Å². The minimum atomic E-state index is 0.0287. The average Bonchev–Trinajstić information content (AvgIpc) is 3.88. The molecule has 11 aromatic rings. The molecule has 0 saturated heterocycles. The molecule has 272 valence electrons. The Bertz CT molecular complexity index is 3370. The lowest BCUT2D eigenvalue weighted by atomic mass is 9.83. The van der Waals surface area contributed by atoms with Gasteiger partial charge in [0.2, 0.25) is 0 Å². The number of rotatable bonds is 5. The number of hydrogen-bond acceptors (Lipinski definition) is 5. The Morgan fingerprint density at radius 1 is 0.466 bits per heavy atom. The van der Waals surface area contributed by atoms with E-state index in [-0.39, 0.29) is 6.04 Å². The lowest BCUT2D eigenvalue weighted by Crippen LogP contribution is -2.18. The Kier molecular flexibility index (Phi) is 7.43. The van der Waals surface area contributed by atoms with Crippen LogP contribution in [0.1, 0.15) is 17.2 Å². The molecule has 0 radical (unpaired) electrons. The fraction of sp³-hybridized carbons (Fsp3) is 0.0189. The van der Waals surface area contributed by atoms with Crippen molar-refractivity contribution in [2.45, 2.75) is 6.04 Å². The van der Waals surface area contributed by atoms with E-state index in [0.29, 0.717) is 5.82 Å². The highest BCUT2D eigenvalue weighted by molar-refractivity contribution is 7.26. The molecule has 1 atom stereocenters. The zero-order valence-corrected chi connectivity index (χ0v) is 32.0. The molecule has 58 heavy (non-hydrogen) atoms. The van der Waals surface area contributed by atoms with Gasteiger partial charge in [-0.25, -0.2) is 9.97 Å². The summed E-state index contributed by atoms with van der Waals surface area (Å²) in [5.74, 6) is 0.666. The summed E-state index contributed by atoms with van der Waals surface area (Å²) in [6, 6.07) is 66.7. The van der Waals surface area contributed by atoms with Gasteiger partial charge in [-0.2, -0.15) is 0 Å². The number of thiophene rings is 1. The summed E-state index contributed by atoms with van der Waals surface area (Å²) < 4.78 is 8.89. The molecule has 0 amide bonds. The van der Waals surface area contributed by atoms with Crippen molar-refractivity contribution >= 4 is 59.1 Å². The van der Waals surface area contributed by atoms with Gasteiger partial charge in [0.1, 0.15) is 11.2 Å². The van der Waals surface area contributed by atoms with Gasteiger partial charge in [-0.15, -0.1) is 11.3 Å². The summed E-state index contributed by atoms with van der Waals surface area (Å²) in [6.45, 7) is 0. The highest BCUT2D eigenvalue weighted by atomic mass is 32.1. The smallest absolute Gasteiger partial charge is 0.161 e. The minimum absolute atomic E-state index is 0.0287. The number of fused-ring (bicyclic) bond motifs is 10. The van der Waals surface area contributed by atoms with E-state index in [1.807, 2.05) is 47.7 Å². The van der Waals surface area contributed by atoms with Gasteiger partial charge >= 0.3 is 0 Å². The fourth-order valence-electron chi connectivity index (χ4n) is 8.83. The molecule has 4 heterocycles. The number of anilines is 1. The maximum Gasteiger partial charge on any atom is 0.161 e. The Morgan fingerprint density at radius 3 is 1.97 bits per heavy atom. The third-order valence-electron chi connectivity index (χ3n) is 11.6. The van der Waals surface area contributed by atoms with E-state index < -0.39 is 0 Å². The van der Waals surface area contributed by atoms with Gasteiger partial charge in [-0.3, -0.25) is 0 Å². The van der Waals surface area contributed by atoms with Gasteiger partial charge in [0, 0.05) is 58.9 Å². The summed E-state index contributed by atoms with van der Waals surface area (Å²) in [5.41, 5.74) is 15.0. The van der Waals surface area contributed by atoms with Crippen molar-refractivity contribution in [2.75, 3.05) is 5.32 Å². The van der Waals surface area contributed by atoms with Crippen molar-refractivity contribution < 1.29 is 4.42 Å². The molecular formula is C53H33N3OS. The number of aromatic nitrogens is 2. The molecule has 0 spiro atoms. The van der Waals surface area contributed by atoms with Crippen LogP contribution in [0.4, 0.5) is 5.69 Å². The van der Waals surface area contributed by atoms with Crippen LogP contribution in [0.3, 0.4) is 0 Å². The molecule has 0 bridgehead atoms. The minimum Gasteiger partial charge on any atom is -0.456 e. The third-order valence-corrected chi connectivity index (χ3v) is 12.7. The van der Waals surface area contributed by atoms with Crippen LogP contribution in [0.15, 0.2) is 192 Å². The quantitative estimate of drug-likeness (QED) is 0.190. The Labute approximate surface area is 338 Å². The zero-order valence-electron chi connectivity index (χ0n) is 31.2. The van der Waals surface area contributed by atoms with Gasteiger partial charge in [-0.1, -0.05) is 152 Å². The number of furan rings is 1. The molecule has 8 aromatic carbocycles. The van der Waals surface area contributed by atoms with E-state index in [1.165, 1.54) is 42.4 Å². The molecule has 1 aliphatic rings. The third kappa shape index (κ3) is 5.28. The fourth-order valence-corrected chi connectivity index (χ4v) is 9.95. The van der Waals surface area contributed by atoms with Crippen LogP contribution in [0.5, 0.6) is 0 Å². The van der Waals surface area contributed by atoms with E-state index in [2.05, 4.69) is 157 Å². The van der Waals surface area contributed by atoms with Crippen molar-refractivity contribution in [3.05, 3.63) is 199 Å². The lowest BCUT2D eigenvalue weighted by molar-refractivity contribution is 0.669. The van der Waals surface area contributed by atoms with Crippen molar-refractivity contribution in [1.29, 1.82) is 0 Å². The van der Waals surface area contributed by atoms with Gasteiger partial charge in [0.05, 0.1) is 17.4 Å². The van der Waals surface area contributed by atoms with E-state index in [0.717, 1.165) is 66.8 Å². The molecule has 5 heteroatoms. The SMILES string of the molecule is c1ccc(-c2cc(-c3ccc(-c4ccc5c(c4)NC(c4ccccc4)c4ccc6sc7ccccc7c6c4-5)cc3)nc(-c3cccc4oc5ccccc5c34)n2)cc1. The summed E-state index contributed by atoms with van der Waals surface area (Å²) in [6.07, 6.45) is 0. The second-order valence-electron chi connectivity index (χ2n) is 14.9. The van der Waals surface area contributed by atoms with E-state index in [9.17, 15) is 0 Å². The summed E-state index contributed by atoms with van der Waals surface area (Å²) in [7, 11) is 0. The first-order valence-electron chi connectivity index (χ1n) is 19.6. The van der Waals surface area contributed by atoms with Crippen LogP contribution < -0.4 is 5.32 Å². The maximum atomic E-state index is 6.25. The predicted octanol–water partition coefficient (Wildman–Crippen LogP) is 14.6. The number of para-hydroxylation sites is 1. The molecule has 12 rings (SSSR count). The molecule has 1 aliphatic heterocycles. The van der Waals surface area contributed by atoms with Gasteiger partial charge < -0.3 is 9.73 Å². The zero-order chi connectivity index (χ0) is 38.2. The first-order valence-corrected chi connectivity index (χ1v) is 20.4.